The average molecular weight is 302 g/mol. The Hall–Kier alpha value is -0.620. The lowest BCUT2D eigenvalue weighted by Gasteiger charge is -2.28. The van der Waals surface area contributed by atoms with Crippen LogP contribution in [0.4, 0.5) is 0 Å². The van der Waals surface area contributed by atoms with E-state index in [9.17, 15) is 13.2 Å². The maximum atomic E-state index is 12.3. The molecule has 0 aromatic rings. The van der Waals surface area contributed by atoms with E-state index in [0.29, 0.717) is 6.42 Å². The van der Waals surface area contributed by atoms with E-state index >= 15 is 0 Å². The number of nitrogens with one attached hydrogen (secondary N) is 2. The molecule has 0 radical (unpaired) electrons. The molecule has 2 fully saturated rings. The van der Waals surface area contributed by atoms with E-state index in [1.807, 2.05) is 13.8 Å². The Morgan fingerprint density at radius 2 is 1.95 bits per heavy atom. The Kier molecular flexibility index (Phi) is 4.17. The zero-order chi connectivity index (χ0) is 15.0. The van der Waals surface area contributed by atoms with Crippen LogP contribution in [0.15, 0.2) is 0 Å². The Morgan fingerprint density at radius 3 is 2.50 bits per heavy atom. The number of hydrogen-bond donors (Lipinski definition) is 2. The van der Waals surface area contributed by atoms with Gasteiger partial charge in [-0.1, -0.05) is 0 Å². The number of carbonyl (C=O) groups is 1. The van der Waals surface area contributed by atoms with Gasteiger partial charge >= 0.3 is 0 Å². The Bertz CT molecular complexity index is 479. The van der Waals surface area contributed by atoms with Gasteiger partial charge in [0.1, 0.15) is 9.84 Å². The Labute approximate surface area is 121 Å². The van der Waals surface area contributed by atoms with Crippen molar-refractivity contribution in [2.45, 2.75) is 45.1 Å². The minimum atomic E-state index is -2.98. The Balaban J connectivity index is 1.85. The maximum Gasteiger partial charge on any atom is 0.224 e. The largest absolute Gasteiger partial charge is 0.351 e. The third-order valence-electron chi connectivity index (χ3n) is 4.66. The summed E-state index contributed by atoms with van der Waals surface area (Å²) in [5.74, 6) is 0.340. The summed E-state index contributed by atoms with van der Waals surface area (Å²) in [6.07, 6.45) is 4.83. The number of hydrogen-bond acceptors (Lipinski definition) is 4. The van der Waals surface area contributed by atoms with Gasteiger partial charge in [0, 0.05) is 17.7 Å². The first-order valence-electron chi connectivity index (χ1n) is 7.34. The van der Waals surface area contributed by atoms with Crippen molar-refractivity contribution >= 4 is 15.7 Å². The summed E-state index contributed by atoms with van der Waals surface area (Å²) < 4.78 is 22.5. The van der Waals surface area contributed by atoms with E-state index in [1.165, 1.54) is 6.26 Å². The summed E-state index contributed by atoms with van der Waals surface area (Å²) in [6.45, 7) is 5.80. The van der Waals surface area contributed by atoms with Crippen LogP contribution in [0, 0.1) is 11.3 Å². The molecular weight excluding hydrogens is 276 g/mol. The molecule has 0 bridgehead atoms. The fourth-order valence-electron chi connectivity index (χ4n) is 3.12. The van der Waals surface area contributed by atoms with E-state index in [2.05, 4.69) is 10.6 Å². The van der Waals surface area contributed by atoms with Crippen molar-refractivity contribution in [3.63, 3.8) is 0 Å². The van der Waals surface area contributed by atoms with Crippen LogP contribution < -0.4 is 10.6 Å². The van der Waals surface area contributed by atoms with Crippen LogP contribution in [0.3, 0.4) is 0 Å². The molecule has 1 heterocycles. The summed E-state index contributed by atoms with van der Waals surface area (Å²) >= 11 is 0. The highest BCUT2D eigenvalue weighted by Crippen LogP contribution is 2.58. The molecule has 0 aromatic carbocycles. The lowest BCUT2D eigenvalue weighted by atomic mass is 9.91. The summed E-state index contributed by atoms with van der Waals surface area (Å²) in [7, 11) is -2.98. The standard InChI is InChI=1S/C14H26N2O3S/c1-13(2,6-9-20(3,18)19)16-12(17)11-10-14(11)4-7-15-8-5-14/h11,15H,4-10H2,1-3H3,(H,16,17). The summed E-state index contributed by atoms with van der Waals surface area (Å²) in [5.41, 5.74) is -0.237. The number of piperidine rings is 1. The highest BCUT2D eigenvalue weighted by molar-refractivity contribution is 7.90. The molecule has 1 spiro atoms. The van der Waals surface area contributed by atoms with Gasteiger partial charge in [0.15, 0.2) is 0 Å². The second-order valence-electron chi connectivity index (χ2n) is 7.12. The van der Waals surface area contributed by atoms with Gasteiger partial charge in [-0.2, -0.15) is 0 Å². The summed E-state index contributed by atoms with van der Waals surface area (Å²) in [4.78, 5) is 12.3. The molecule has 5 nitrogen and oxygen atoms in total. The molecule has 1 saturated carbocycles. The smallest absolute Gasteiger partial charge is 0.224 e. The van der Waals surface area contributed by atoms with E-state index in [4.69, 9.17) is 0 Å². The quantitative estimate of drug-likeness (QED) is 0.784. The van der Waals surface area contributed by atoms with Crippen LogP contribution in [0.2, 0.25) is 0 Å². The van der Waals surface area contributed by atoms with Gasteiger partial charge < -0.3 is 10.6 Å². The zero-order valence-corrected chi connectivity index (χ0v) is 13.5. The molecule has 1 amide bonds. The zero-order valence-electron chi connectivity index (χ0n) is 12.7. The van der Waals surface area contributed by atoms with Crippen molar-refractivity contribution in [1.29, 1.82) is 0 Å². The fraction of sp³-hybridized carbons (Fsp3) is 0.929. The second kappa shape index (κ2) is 5.30. The monoisotopic (exact) mass is 302 g/mol. The molecule has 1 aliphatic carbocycles. The molecule has 2 rings (SSSR count). The first-order chi connectivity index (χ1) is 9.14. The van der Waals surface area contributed by atoms with Crippen molar-refractivity contribution in [1.82, 2.24) is 10.6 Å². The first-order valence-corrected chi connectivity index (χ1v) is 9.40. The first kappa shape index (κ1) is 15.8. The minimum absolute atomic E-state index is 0.102. The third kappa shape index (κ3) is 3.95. The predicted octanol–water partition coefficient (Wildman–Crippen LogP) is 0.706. The SMILES string of the molecule is CC(C)(CCS(C)(=O)=O)NC(=O)C1CC12CCNCC2. The van der Waals surface area contributed by atoms with Crippen molar-refractivity contribution in [2.75, 3.05) is 25.1 Å². The Morgan fingerprint density at radius 1 is 1.35 bits per heavy atom. The summed E-state index contributed by atoms with van der Waals surface area (Å²) in [6, 6.07) is 0. The molecule has 2 aliphatic rings. The van der Waals surface area contributed by atoms with Crippen LogP contribution in [0.1, 0.15) is 39.5 Å². The summed E-state index contributed by atoms with van der Waals surface area (Å²) in [5, 5.41) is 6.37. The molecule has 1 atom stereocenters. The molecule has 2 N–H and O–H groups in total. The van der Waals surface area contributed by atoms with Crippen LogP contribution >= 0.6 is 0 Å². The van der Waals surface area contributed by atoms with E-state index in [-0.39, 0.29) is 23.0 Å². The number of rotatable bonds is 5. The predicted molar refractivity (Wildman–Crippen MR) is 79.2 cm³/mol. The molecular formula is C14H26N2O3S. The molecule has 0 aromatic heterocycles. The van der Waals surface area contributed by atoms with Crippen molar-refractivity contribution in [3.05, 3.63) is 0 Å². The third-order valence-corrected chi connectivity index (χ3v) is 5.61. The highest BCUT2D eigenvalue weighted by Gasteiger charge is 2.58. The molecule has 20 heavy (non-hydrogen) atoms. The van der Waals surface area contributed by atoms with Gasteiger partial charge in [0.05, 0.1) is 5.75 Å². The lowest BCUT2D eigenvalue weighted by Crippen LogP contribution is -2.46. The number of amides is 1. The molecule has 1 aliphatic heterocycles. The van der Waals surface area contributed by atoms with Crippen LogP contribution in [0.5, 0.6) is 0 Å². The van der Waals surface area contributed by atoms with Crippen LogP contribution in [0.25, 0.3) is 0 Å². The fourth-order valence-corrected chi connectivity index (χ4v) is 4.00. The molecule has 116 valence electrons. The van der Waals surface area contributed by atoms with E-state index in [0.717, 1.165) is 32.4 Å². The van der Waals surface area contributed by atoms with Gasteiger partial charge in [-0.3, -0.25) is 4.79 Å². The topological polar surface area (TPSA) is 75.3 Å². The average Bonchev–Trinajstić information content (AvgIpc) is 3.00. The van der Waals surface area contributed by atoms with Crippen LogP contribution in [-0.2, 0) is 14.6 Å². The number of sulfone groups is 1. The van der Waals surface area contributed by atoms with Crippen molar-refractivity contribution < 1.29 is 13.2 Å². The van der Waals surface area contributed by atoms with E-state index < -0.39 is 15.4 Å². The van der Waals surface area contributed by atoms with Gasteiger partial charge in [-0.25, -0.2) is 8.42 Å². The normalized spacial score (nSPS) is 25.4. The van der Waals surface area contributed by atoms with Gasteiger partial charge in [-0.15, -0.1) is 0 Å². The maximum absolute atomic E-state index is 12.3. The minimum Gasteiger partial charge on any atom is -0.351 e. The second-order valence-corrected chi connectivity index (χ2v) is 9.38. The van der Waals surface area contributed by atoms with Crippen molar-refractivity contribution in [3.8, 4) is 0 Å². The van der Waals surface area contributed by atoms with Crippen molar-refractivity contribution in [2.24, 2.45) is 11.3 Å². The van der Waals surface area contributed by atoms with Gasteiger partial charge in [0.2, 0.25) is 5.91 Å². The molecule has 1 saturated heterocycles. The lowest BCUT2D eigenvalue weighted by molar-refractivity contribution is -0.124. The van der Waals surface area contributed by atoms with Gasteiger partial charge in [0.25, 0.3) is 0 Å². The van der Waals surface area contributed by atoms with Crippen LogP contribution in [-0.4, -0.2) is 45.0 Å². The van der Waals surface area contributed by atoms with E-state index in [1.54, 1.807) is 0 Å². The molecule has 6 heteroatoms. The highest BCUT2D eigenvalue weighted by atomic mass is 32.2. The number of carbonyl (C=O) groups excluding carboxylic acids is 1. The molecule has 1 unspecified atom stereocenters. The van der Waals surface area contributed by atoms with Gasteiger partial charge in [-0.05, 0) is 58.0 Å².